The SMILES string of the molecule is COc1ccc(CC(=O)NCC2(CO)CCCCC2)cc1. The van der Waals surface area contributed by atoms with Crippen LogP contribution in [0.15, 0.2) is 24.3 Å². The quantitative estimate of drug-likeness (QED) is 0.845. The summed E-state index contributed by atoms with van der Waals surface area (Å²) in [6.45, 7) is 0.744. The topological polar surface area (TPSA) is 58.6 Å². The molecule has 0 heterocycles. The molecule has 0 spiro atoms. The number of amides is 1. The monoisotopic (exact) mass is 291 g/mol. The molecule has 0 saturated heterocycles. The second kappa shape index (κ2) is 7.46. The lowest BCUT2D eigenvalue weighted by molar-refractivity contribution is -0.121. The molecular formula is C17H25NO3. The van der Waals surface area contributed by atoms with E-state index in [0.717, 1.165) is 37.0 Å². The van der Waals surface area contributed by atoms with Gasteiger partial charge in [0.1, 0.15) is 5.75 Å². The zero-order valence-electron chi connectivity index (χ0n) is 12.7. The minimum absolute atomic E-state index is 0.0126. The third-order valence-corrected chi connectivity index (χ3v) is 4.43. The average Bonchev–Trinajstić information content (AvgIpc) is 2.54. The lowest BCUT2D eigenvalue weighted by Crippen LogP contribution is -2.41. The number of carbonyl (C=O) groups is 1. The Bertz CT molecular complexity index is 450. The van der Waals surface area contributed by atoms with Crippen molar-refractivity contribution in [2.75, 3.05) is 20.3 Å². The first kappa shape index (κ1) is 15.8. The molecule has 0 unspecified atom stereocenters. The van der Waals surface area contributed by atoms with Crippen LogP contribution in [0.2, 0.25) is 0 Å². The minimum atomic E-state index is -0.103. The van der Waals surface area contributed by atoms with Crippen LogP contribution < -0.4 is 10.1 Å². The van der Waals surface area contributed by atoms with Gasteiger partial charge < -0.3 is 15.2 Å². The Labute approximate surface area is 126 Å². The number of hydrogen-bond donors (Lipinski definition) is 2. The van der Waals surface area contributed by atoms with E-state index in [1.54, 1.807) is 7.11 Å². The van der Waals surface area contributed by atoms with E-state index in [4.69, 9.17) is 4.74 Å². The normalized spacial score (nSPS) is 17.2. The van der Waals surface area contributed by atoms with Crippen LogP contribution in [-0.4, -0.2) is 31.3 Å². The average molecular weight is 291 g/mol. The predicted molar refractivity (Wildman–Crippen MR) is 82.3 cm³/mol. The van der Waals surface area contributed by atoms with Crippen molar-refractivity contribution in [1.82, 2.24) is 5.32 Å². The lowest BCUT2D eigenvalue weighted by Gasteiger charge is -2.35. The molecule has 1 aromatic carbocycles. The molecule has 1 saturated carbocycles. The Kier molecular flexibility index (Phi) is 5.62. The van der Waals surface area contributed by atoms with Gasteiger partial charge in [-0.25, -0.2) is 0 Å². The van der Waals surface area contributed by atoms with Crippen LogP contribution in [0, 0.1) is 5.41 Å². The third kappa shape index (κ3) is 4.46. The molecule has 1 amide bonds. The van der Waals surface area contributed by atoms with Gasteiger partial charge in [-0.3, -0.25) is 4.79 Å². The second-order valence-electron chi connectivity index (χ2n) is 6.02. The van der Waals surface area contributed by atoms with Gasteiger partial charge in [-0.15, -0.1) is 0 Å². The maximum atomic E-state index is 12.0. The fourth-order valence-corrected chi connectivity index (χ4v) is 2.97. The highest BCUT2D eigenvalue weighted by Crippen LogP contribution is 2.35. The van der Waals surface area contributed by atoms with Crippen molar-refractivity contribution in [3.05, 3.63) is 29.8 Å². The molecule has 1 aliphatic carbocycles. The number of carbonyl (C=O) groups excluding carboxylic acids is 1. The summed E-state index contributed by atoms with van der Waals surface area (Å²) in [5.41, 5.74) is 0.864. The molecule has 1 aromatic rings. The van der Waals surface area contributed by atoms with E-state index in [9.17, 15) is 9.90 Å². The van der Waals surface area contributed by atoms with E-state index < -0.39 is 0 Å². The zero-order valence-corrected chi connectivity index (χ0v) is 12.7. The number of benzene rings is 1. The summed E-state index contributed by atoms with van der Waals surface area (Å²) in [6, 6.07) is 7.53. The van der Waals surface area contributed by atoms with E-state index in [0.29, 0.717) is 13.0 Å². The summed E-state index contributed by atoms with van der Waals surface area (Å²) >= 11 is 0. The van der Waals surface area contributed by atoms with Gasteiger partial charge in [-0.05, 0) is 30.5 Å². The van der Waals surface area contributed by atoms with Gasteiger partial charge >= 0.3 is 0 Å². The summed E-state index contributed by atoms with van der Waals surface area (Å²) in [6.07, 6.45) is 5.91. The van der Waals surface area contributed by atoms with Crippen molar-refractivity contribution < 1.29 is 14.6 Å². The number of hydrogen-bond acceptors (Lipinski definition) is 3. The van der Waals surface area contributed by atoms with Crippen LogP contribution in [0.25, 0.3) is 0 Å². The Morgan fingerprint density at radius 1 is 1.24 bits per heavy atom. The van der Waals surface area contributed by atoms with Crippen LogP contribution >= 0.6 is 0 Å². The first-order valence-corrected chi connectivity index (χ1v) is 7.68. The molecule has 2 rings (SSSR count). The van der Waals surface area contributed by atoms with Crippen molar-refractivity contribution in [3.8, 4) is 5.75 Å². The molecule has 4 heteroatoms. The number of aliphatic hydroxyl groups is 1. The number of nitrogens with one attached hydrogen (secondary N) is 1. The van der Waals surface area contributed by atoms with Gasteiger partial charge in [0.05, 0.1) is 20.1 Å². The van der Waals surface area contributed by atoms with Crippen molar-refractivity contribution in [2.45, 2.75) is 38.5 Å². The first-order chi connectivity index (χ1) is 10.2. The fraction of sp³-hybridized carbons (Fsp3) is 0.588. The standard InChI is InChI=1S/C17H25NO3/c1-21-15-7-5-14(6-8-15)11-16(20)18-12-17(13-19)9-3-2-4-10-17/h5-8,19H,2-4,9-13H2,1H3,(H,18,20). The molecule has 116 valence electrons. The number of aliphatic hydroxyl groups excluding tert-OH is 1. The van der Waals surface area contributed by atoms with Crippen LogP contribution in [0.3, 0.4) is 0 Å². The molecule has 2 N–H and O–H groups in total. The molecule has 0 bridgehead atoms. The molecule has 4 nitrogen and oxygen atoms in total. The molecule has 1 aliphatic rings. The largest absolute Gasteiger partial charge is 0.497 e. The van der Waals surface area contributed by atoms with Crippen molar-refractivity contribution in [2.24, 2.45) is 5.41 Å². The highest BCUT2D eigenvalue weighted by molar-refractivity contribution is 5.78. The third-order valence-electron chi connectivity index (χ3n) is 4.43. The molecule has 0 radical (unpaired) electrons. The summed E-state index contributed by atoms with van der Waals surface area (Å²) in [5.74, 6) is 0.805. The predicted octanol–water partition coefficient (Wildman–Crippen LogP) is 2.30. The highest BCUT2D eigenvalue weighted by Gasteiger charge is 2.31. The molecule has 0 aromatic heterocycles. The van der Waals surface area contributed by atoms with Gasteiger partial charge in [0.2, 0.25) is 5.91 Å². The molecular weight excluding hydrogens is 266 g/mol. The summed E-state index contributed by atoms with van der Waals surface area (Å²) in [4.78, 5) is 12.0. The van der Waals surface area contributed by atoms with Crippen LogP contribution in [-0.2, 0) is 11.2 Å². The van der Waals surface area contributed by atoms with E-state index in [-0.39, 0.29) is 17.9 Å². The number of ether oxygens (including phenoxy) is 1. The second-order valence-corrected chi connectivity index (χ2v) is 6.02. The Morgan fingerprint density at radius 2 is 1.90 bits per heavy atom. The fourth-order valence-electron chi connectivity index (χ4n) is 2.97. The number of methoxy groups -OCH3 is 1. The first-order valence-electron chi connectivity index (χ1n) is 7.68. The van der Waals surface area contributed by atoms with Crippen LogP contribution in [0.1, 0.15) is 37.7 Å². The zero-order chi connectivity index (χ0) is 15.1. The molecule has 21 heavy (non-hydrogen) atoms. The highest BCUT2D eigenvalue weighted by atomic mass is 16.5. The Hall–Kier alpha value is -1.55. The minimum Gasteiger partial charge on any atom is -0.497 e. The molecule has 1 fully saturated rings. The van der Waals surface area contributed by atoms with Crippen molar-refractivity contribution >= 4 is 5.91 Å². The van der Waals surface area contributed by atoms with E-state index in [1.807, 2.05) is 24.3 Å². The Morgan fingerprint density at radius 3 is 2.48 bits per heavy atom. The smallest absolute Gasteiger partial charge is 0.224 e. The Balaban J connectivity index is 1.83. The molecule has 0 atom stereocenters. The van der Waals surface area contributed by atoms with Crippen molar-refractivity contribution in [1.29, 1.82) is 0 Å². The lowest BCUT2D eigenvalue weighted by atomic mass is 9.74. The summed E-state index contributed by atoms with van der Waals surface area (Å²) in [5, 5.41) is 12.6. The number of rotatable bonds is 6. The molecule has 0 aliphatic heterocycles. The van der Waals surface area contributed by atoms with Gasteiger partial charge in [-0.1, -0.05) is 31.4 Å². The van der Waals surface area contributed by atoms with Crippen LogP contribution in [0.4, 0.5) is 0 Å². The van der Waals surface area contributed by atoms with Crippen molar-refractivity contribution in [3.63, 3.8) is 0 Å². The van der Waals surface area contributed by atoms with Gasteiger partial charge in [0.25, 0.3) is 0 Å². The van der Waals surface area contributed by atoms with E-state index >= 15 is 0 Å². The summed E-state index contributed by atoms with van der Waals surface area (Å²) < 4.78 is 5.10. The van der Waals surface area contributed by atoms with Gasteiger partial charge in [0.15, 0.2) is 0 Å². The maximum Gasteiger partial charge on any atom is 0.224 e. The maximum absolute atomic E-state index is 12.0. The van der Waals surface area contributed by atoms with E-state index in [2.05, 4.69) is 5.32 Å². The van der Waals surface area contributed by atoms with Gasteiger partial charge in [-0.2, -0.15) is 0 Å². The van der Waals surface area contributed by atoms with Gasteiger partial charge in [0, 0.05) is 12.0 Å². The van der Waals surface area contributed by atoms with E-state index in [1.165, 1.54) is 6.42 Å². The summed E-state index contributed by atoms with van der Waals surface area (Å²) in [7, 11) is 1.63. The van der Waals surface area contributed by atoms with Crippen LogP contribution in [0.5, 0.6) is 5.75 Å².